The van der Waals surface area contributed by atoms with Crippen LogP contribution in [0.2, 0.25) is 0 Å². The van der Waals surface area contributed by atoms with Crippen LogP contribution >= 0.6 is 0 Å². The van der Waals surface area contributed by atoms with Crippen LogP contribution in [-0.4, -0.2) is 31.7 Å². The lowest BCUT2D eigenvalue weighted by Gasteiger charge is -2.13. The lowest BCUT2D eigenvalue weighted by molar-refractivity contribution is -0.116. The second-order valence-electron chi connectivity index (χ2n) is 6.51. The van der Waals surface area contributed by atoms with E-state index in [9.17, 15) is 22.4 Å². The Balaban J connectivity index is 2.10. The van der Waals surface area contributed by atoms with Crippen LogP contribution in [0.15, 0.2) is 47.4 Å². The van der Waals surface area contributed by atoms with Gasteiger partial charge in [0.15, 0.2) is 9.84 Å². The van der Waals surface area contributed by atoms with Crippen molar-refractivity contribution in [3.8, 4) is 0 Å². The van der Waals surface area contributed by atoms with Crippen molar-refractivity contribution in [1.82, 2.24) is 0 Å². The summed E-state index contributed by atoms with van der Waals surface area (Å²) in [4.78, 5) is 23.2. The number of aromatic carboxylic acids is 1. The molecule has 0 heterocycles. The molecule has 2 aromatic rings. The average Bonchev–Trinajstić information content (AvgIpc) is 2.53. The first-order chi connectivity index (χ1) is 12.5. The molecule has 1 atom stereocenters. The summed E-state index contributed by atoms with van der Waals surface area (Å²) in [5.41, 5.74) is 0.627. The first-order valence-electron chi connectivity index (χ1n) is 8.17. The van der Waals surface area contributed by atoms with Crippen LogP contribution in [-0.2, 0) is 21.1 Å². The predicted molar refractivity (Wildman–Crippen MR) is 99.0 cm³/mol. The Hall–Kier alpha value is -2.74. The summed E-state index contributed by atoms with van der Waals surface area (Å²) < 4.78 is 36.7. The number of anilines is 1. The van der Waals surface area contributed by atoms with Gasteiger partial charge in [-0.1, -0.05) is 19.1 Å². The van der Waals surface area contributed by atoms with Gasteiger partial charge in [-0.15, -0.1) is 0 Å². The van der Waals surface area contributed by atoms with E-state index in [1.165, 1.54) is 24.3 Å². The molecule has 0 aromatic heterocycles. The highest BCUT2D eigenvalue weighted by molar-refractivity contribution is 7.90. The first kappa shape index (κ1) is 20.6. The Labute approximate surface area is 157 Å². The molecule has 0 aliphatic heterocycles. The van der Waals surface area contributed by atoms with E-state index in [1.807, 2.05) is 6.92 Å². The molecule has 0 saturated carbocycles. The first-order valence-corrected chi connectivity index (χ1v) is 10.1. The molecule has 2 aromatic carbocycles. The summed E-state index contributed by atoms with van der Waals surface area (Å²) in [6.07, 6.45) is 1.57. The summed E-state index contributed by atoms with van der Waals surface area (Å²) in [5.74, 6) is -2.12. The molecule has 0 saturated heterocycles. The Morgan fingerprint density at radius 2 is 1.89 bits per heavy atom. The molecule has 1 amide bonds. The molecule has 0 spiro atoms. The second kappa shape index (κ2) is 8.30. The largest absolute Gasteiger partial charge is 0.478 e. The van der Waals surface area contributed by atoms with Gasteiger partial charge < -0.3 is 10.4 Å². The number of benzene rings is 2. The molecular formula is C19H20FNO5S. The van der Waals surface area contributed by atoms with Gasteiger partial charge in [0.25, 0.3) is 0 Å². The van der Waals surface area contributed by atoms with Crippen LogP contribution in [0.3, 0.4) is 0 Å². The number of carboxylic acids is 1. The van der Waals surface area contributed by atoms with Gasteiger partial charge in [-0.05, 0) is 48.2 Å². The number of hydrogen-bond donors (Lipinski definition) is 2. The topological polar surface area (TPSA) is 101 Å². The molecule has 2 N–H and O–H groups in total. The predicted octanol–water partition coefficient (Wildman–Crippen LogP) is 3.13. The van der Waals surface area contributed by atoms with E-state index in [0.29, 0.717) is 6.42 Å². The number of carbonyl (C=O) groups excluding carboxylic acids is 1. The molecule has 2 rings (SSSR count). The van der Waals surface area contributed by atoms with Gasteiger partial charge in [-0.2, -0.15) is 0 Å². The fourth-order valence-corrected chi connectivity index (χ4v) is 3.36. The fourth-order valence-electron chi connectivity index (χ4n) is 2.68. The summed E-state index contributed by atoms with van der Waals surface area (Å²) >= 11 is 0. The molecule has 27 heavy (non-hydrogen) atoms. The third-order valence-corrected chi connectivity index (χ3v) is 4.96. The van der Waals surface area contributed by atoms with E-state index < -0.39 is 15.8 Å². The Morgan fingerprint density at radius 3 is 2.48 bits per heavy atom. The number of rotatable bonds is 7. The van der Waals surface area contributed by atoms with Crippen LogP contribution in [0.4, 0.5) is 10.1 Å². The van der Waals surface area contributed by atoms with Crippen molar-refractivity contribution in [1.29, 1.82) is 0 Å². The molecule has 0 radical (unpaired) electrons. The highest BCUT2D eigenvalue weighted by Gasteiger charge is 2.16. The van der Waals surface area contributed by atoms with Crippen molar-refractivity contribution in [2.45, 2.75) is 24.7 Å². The quantitative estimate of drug-likeness (QED) is 0.753. The zero-order chi connectivity index (χ0) is 20.2. The minimum Gasteiger partial charge on any atom is -0.478 e. The van der Waals surface area contributed by atoms with Gasteiger partial charge in [0.1, 0.15) is 5.82 Å². The van der Waals surface area contributed by atoms with E-state index in [0.717, 1.165) is 17.9 Å². The number of hydrogen-bond acceptors (Lipinski definition) is 4. The van der Waals surface area contributed by atoms with Gasteiger partial charge >= 0.3 is 5.97 Å². The van der Waals surface area contributed by atoms with E-state index in [-0.39, 0.29) is 40.2 Å². The van der Waals surface area contributed by atoms with Crippen LogP contribution in [0.1, 0.15) is 29.3 Å². The number of halogens is 1. The monoisotopic (exact) mass is 393 g/mol. The number of carbonyl (C=O) groups is 2. The standard InChI is InChI=1S/C19H20FNO5S/c1-12(6-13-4-3-5-15(20)8-13)7-18(22)21-16-9-14(19(23)24)10-17(11-16)27(2,25)26/h3-5,8-12H,6-7H2,1-2H3,(H,21,22)(H,23,24). The van der Waals surface area contributed by atoms with Crippen molar-refractivity contribution in [3.05, 3.63) is 59.4 Å². The van der Waals surface area contributed by atoms with Crippen molar-refractivity contribution in [3.63, 3.8) is 0 Å². The maximum atomic E-state index is 13.2. The van der Waals surface area contributed by atoms with Crippen LogP contribution in [0.25, 0.3) is 0 Å². The maximum absolute atomic E-state index is 13.2. The lowest BCUT2D eigenvalue weighted by Crippen LogP contribution is -2.17. The summed E-state index contributed by atoms with van der Waals surface area (Å²) in [6.45, 7) is 1.83. The Morgan fingerprint density at radius 1 is 1.19 bits per heavy atom. The van der Waals surface area contributed by atoms with Crippen molar-refractivity contribution >= 4 is 27.4 Å². The van der Waals surface area contributed by atoms with Gasteiger partial charge in [0, 0.05) is 18.4 Å². The van der Waals surface area contributed by atoms with Crippen LogP contribution in [0.5, 0.6) is 0 Å². The van der Waals surface area contributed by atoms with Crippen molar-refractivity contribution < 1.29 is 27.5 Å². The minimum absolute atomic E-state index is 0.0937. The van der Waals surface area contributed by atoms with Gasteiger partial charge in [-0.25, -0.2) is 17.6 Å². The smallest absolute Gasteiger partial charge is 0.335 e. The SMILES string of the molecule is CC(CC(=O)Nc1cc(C(=O)O)cc(S(C)(=O)=O)c1)Cc1cccc(F)c1. The zero-order valence-corrected chi connectivity index (χ0v) is 15.7. The lowest BCUT2D eigenvalue weighted by atomic mass is 9.97. The highest BCUT2D eigenvalue weighted by Crippen LogP contribution is 2.20. The summed E-state index contributed by atoms with van der Waals surface area (Å²) in [5, 5.41) is 11.7. The molecule has 0 bridgehead atoms. The van der Waals surface area contributed by atoms with E-state index in [2.05, 4.69) is 5.32 Å². The van der Waals surface area contributed by atoms with Gasteiger partial charge in [-0.3, -0.25) is 4.79 Å². The fraction of sp³-hybridized carbons (Fsp3) is 0.263. The normalized spacial score (nSPS) is 12.4. The maximum Gasteiger partial charge on any atom is 0.335 e. The number of amides is 1. The van der Waals surface area contributed by atoms with Crippen LogP contribution < -0.4 is 5.32 Å². The molecule has 6 nitrogen and oxygen atoms in total. The summed E-state index contributed by atoms with van der Waals surface area (Å²) in [6, 6.07) is 9.58. The molecule has 0 aliphatic carbocycles. The number of carboxylic acid groups (broad SMARTS) is 1. The Bertz CT molecular complexity index is 972. The molecule has 1 unspecified atom stereocenters. The van der Waals surface area contributed by atoms with E-state index in [1.54, 1.807) is 12.1 Å². The highest BCUT2D eigenvalue weighted by atomic mass is 32.2. The number of sulfone groups is 1. The molecular weight excluding hydrogens is 373 g/mol. The van der Waals surface area contributed by atoms with Crippen molar-refractivity contribution in [2.75, 3.05) is 11.6 Å². The third kappa shape index (κ3) is 6.18. The second-order valence-corrected chi connectivity index (χ2v) is 8.53. The minimum atomic E-state index is -3.64. The third-order valence-electron chi connectivity index (χ3n) is 3.87. The van der Waals surface area contributed by atoms with E-state index >= 15 is 0 Å². The van der Waals surface area contributed by atoms with Gasteiger partial charge in [0.2, 0.25) is 5.91 Å². The summed E-state index contributed by atoms with van der Waals surface area (Å²) in [7, 11) is -3.64. The van der Waals surface area contributed by atoms with Crippen LogP contribution in [0, 0.1) is 11.7 Å². The van der Waals surface area contributed by atoms with Gasteiger partial charge in [0.05, 0.1) is 10.5 Å². The van der Waals surface area contributed by atoms with E-state index in [4.69, 9.17) is 5.11 Å². The molecule has 8 heteroatoms. The molecule has 144 valence electrons. The zero-order valence-electron chi connectivity index (χ0n) is 14.9. The molecule has 0 aliphatic rings. The van der Waals surface area contributed by atoms with Crippen molar-refractivity contribution in [2.24, 2.45) is 5.92 Å². The molecule has 0 fully saturated rings. The average molecular weight is 393 g/mol. The number of nitrogens with one attached hydrogen (secondary N) is 1. The Kier molecular flexibility index (Phi) is 6.32.